The number of nitrogens with zero attached hydrogens (tertiary/aromatic N) is 1. The molecule has 3 amide bonds. The van der Waals surface area contributed by atoms with E-state index in [1.807, 2.05) is 54.6 Å². The third-order valence-corrected chi connectivity index (χ3v) is 8.39. The summed E-state index contributed by atoms with van der Waals surface area (Å²) in [6.45, 7) is 2.86. The average molecular weight is 702 g/mol. The lowest BCUT2D eigenvalue weighted by Crippen LogP contribution is -2.55. The minimum atomic E-state index is -3.03. The molecule has 1 heterocycles. The number of carbonyl (C=O) groups is 4. The van der Waals surface area contributed by atoms with Crippen LogP contribution in [-0.2, 0) is 32.1 Å². The lowest BCUT2D eigenvalue weighted by atomic mass is 10.0. The van der Waals surface area contributed by atoms with Crippen molar-refractivity contribution in [3.05, 3.63) is 95.1 Å². The second-order valence-corrected chi connectivity index (χ2v) is 12.4. The number of aliphatic hydroxyl groups is 1. The molecule has 0 spiro atoms. The third-order valence-electron chi connectivity index (χ3n) is 8.39. The van der Waals surface area contributed by atoms with Crippen LogP contribution < -0.4 is 10.6 Å². The zero-order valence-electron chi connectivity index (χ0n) is 27.5. The van der Waals surface area contributed by atoms with Crippen LogP contribution in [0.5, 0.6) is 0 Å². The maximum Gasteiger partial charge on any atom is 0.335 e. The van der Waals surface area contributed by atoms with Crippen LogP contribution in [0.2, 0.25) is 0 Å². The van der Waals surface area contributed by atoms with E-state index in [2.05, 4.69) is 10.6 Å². The highest BCUT2D eigenvalue weighted by Gasteiger charge is 2.43. The molecule has 50 heavy (non-hydrogen) atoms. The predicted molar refractivity (Wildman–Crippen MR) is 174 cm³/mol. The van der Waals surface area contributed by atoms with Gasteiger partial charge in [0.1, 0.15) is 29.8 Å². The van der Waals surface area contributed by atoms with Gasteiger partial charge < -0.3 is 30.5 Å². The van der Waals surface area contributed by atoms with Gasteiger partial charge in [-0.05, 0) is 41.2 Å². The summed E-state index contributed by atoms with van der Waals surface area (Å²) in [6.07, 6.45) is -6.73. The SMILES string of the molecule is CC(C)[C@H](O)C(=O)N1C[C@H](OCc2ccc(-c3ccccc3)cc2)CC1C(=O)N[C@@H](CC(F)F)C(=O)NCCc1c(F)cc(C(=O)O)cc1F. The van der Waals surface area contributed by atoms with Gasteiger partial charge in [-0.25, -0.2) is 22.4 Å². The molecule has 1 saturated heterocycles. The minimum absolute atomic E-state index is 0.0433. The fourth-order valence-corrected chi connectivity index (χ4v) is 5.58. The first-order chi connectivity index (χ1) is 23.7. The molecule has 0 saturated carbocycles. The number of aliphatic hydroxyl groups excluding tert-OH is 1. The van der Waals surface area contributed by atoms with Gasteiger partial charge in [0.05, 0.1) is 18.3 Å². The van der Waals surface area contributed by atoms with E-state index >= 15 is 0 Å². The number of carboxylic acids is 1. The minimum Gasteiger partial charge on any atom is -0.478 e. The molecule has 1 unspecified atom stereocenters. The second kappa shape index (κ2) is 17.2. The number of hydrogen-bond donors (Lipinski definition) is 4. The first-order valence-corrected chi connectivity index (χ1v) is 16.1. The first kappa shape index (κ1) is 38.0. The summed E-state index contributed by atoms with van der Waals surface area (Å²) in [5.74, 6) is -7.11. The Morgan fingerprint density at radius 2 is 1.58 bits per heavy atom. The van der Waals surface area contributed by atoms with Crippen LogP contribution in [0.3, 0.4) is 0 Å². The smallest absolute Gasteiger partial charge is 0.335 e. The van der Waals surface area contributed by atoms with Crippen molar-refractivity contribution in [2.75, 3.05) is 13.1 Å². The molecule has 14 heteroatoms. The molecule has 3 aromatic rings. The molecule has 3 aromatic carbocycles. The molecule has 0 bridgehead atoms. The molecule has 0 radical (unpaired) electrons. The van der Waals surface area contributed by atoms with Crippen molar-refractivity contribution in [3.8, 4) is 11.1 Å². The molecule has 4 rings (SSSR count). The Kier molecular flexibility index (Phi) is 13.1. The number of hydrogen-bond acceptors (Lipinski definition) is 6. The van der Waals surface area contributed by atoms with Crippen molar-refractivity contribution in [1.82, 2.24) is 15.5 Å². The largest absolute Gasteiger partial charge is 0.478 e. The number of benzene rings is 3. The van der Waals surface area contributed by atoms with Crippen molar-refractivity contribution in [3.63, 3.8) is 0 Å². The maximum absolute atomic E-state index is 14.3. The van der Waals surface area contributed by atoms with Crippen molar-refractivity contribution in [1.29, 1.82) is 0 Å². The van der Waals surface area contributed by atoms with E-state index in [0.29, 0.717) is 12.1 Å². The number of rotatable bonds is 15. The predicted octanol–water partition coefficient (Wildman–Crippen LogP) is 4.33. The fraction of sp³-hybridized carbons (Fsp3) is 0.389. The molecular weight excluding hydrogens is 662 g/mol. The topological polar surface area (TPSA) is 145 Å². The number of amides is 3. The lowest BCUT2D eigenvalue weighted by molar-refractivity contribution is -0.147. The Morgan fingerprint density at radius 3 is 2.16 bits per heavy atom. The van der Waals surface area contributed by atoms with E-state index in [-0.39, 0.29) is 19.6 Å². The van der Waals surface area contributed by atoms with Gasteiger partial charge in [0.25, 0.3) is 5.91 Å². The Morgan fingerprint density at radius 1 is 0.960 bits per heavy atom. The van der Waals surface area contributed by atoms with E-state index in [4.69, 9.17) is 9.84 Å². The normalized spacial score (nSPS) is 17.1. The van der Waals surface area contributed by atoms with Gasteiger partial charge in [0, 0.05) is 31.5 Å². The van der Waals surface area contributed by atoms with Crippen LogP contribution in [-0.4, -0.2) is 82.6 Å². The highest BCUT2D eigenvalue weighted by molar-refractivity contribution is 5.93. The molecule has 4 atom stereocenters. The van der Waals surface area contributed by atoms with Gasteiger partial charge in [0.2, 0.25) is 18.2 Å². The van der Waals surface area contributed by atoms with Crippen molar-refractivity contribution >= 4 is 23.7 Å². The van der Waals surface area contributed by atoms with E-state index in [1.165, 1.54) is 0 Å². The monoisotopic (exact) mass is 701 g/mol. The van der Waals surface area contributed by atoms with Crippen LogP contribution in [0, 0.1) is 17.6 Å². The maximum atomic E-state index is 14.3. The summed E-state index contributed by atoms with van der Waals surface area (Å²) < 4.78 is 61.7. The molecular formula is C36H39F4N3O7. The second-order valence-electron chi connectivity index (χ2n) is 12.4. The van der Waals surface area contributed by atoms with Gasteiger partial charge in [-0.15, -0.1) is 0 Å². The summed E-state index contributed by atoms with van der Waals surface area (Å²) in [7, 11) is 0. The third kappa shape index (κ3) is 9.88. The van der Waals surface area contributed by atoms with Crippen molar-refractivity contribution < 1.29 is 51.7 Å². The number of aromatic carboxylic acids is 1. The van der Waals surface area contributed by atoms with Crippen LogP contribution in [0.15, 0.2) is 66.7 Å². The fourth-order valence-electron chi connectivity index (χ4n) is 5.58. The van der Waals surface area contributed by atoms with E-state index < -0.39 is 102 Å². The number of carboxylic acid groups (broad SMARTS) is 1. The van der Waals surface area contributed by atoms with Gasteiger partial charge in [-0.2, -0.15) is 0 Å². The standard InChI is InChI=1S/C36H39F4N3O7/c1-20(2)32(44)35(47)43-18-25(50-19-21-8-10-23(11-9-21)22-6-4-3-5-7-22)16-30(43)34(46)42-29(17-31(39)40)33(45)41-13-12-26-27(37)14-24(36(48)49)15-28(26)38/h3-11,14-15,20,25,29-32,44H,12-13,16-19H2,1-2H3,(H,41,45)(H,42,46)(H,48,49)/t25-,29+,30?,32+/m1/s1. The van der Waals surface area contributed by atoms with Crippen molar-refractivity contribution in [2.24, 2.45) is 5.92 Å². The highest BCUT2D eigenvalue weighted by Crippen LogP contribution is 2.26. The Bertz CT molecular complexity index is 1630. The molecule has 268 valence electrons. The molecule has 1 aliphatic heterocycles. The summed E-state index contributed by atoms with van der Waals surface area (Å²) in [5, 5.41) is 24.0. The average Bonchev–Trinajstić information content (AvgIpc) is 3.52. The lowest BCUT2D eigenvalue weighted by Gasteiger charge is -2.28. The van der Waals surface area contributed by atoms with Gasteiger partial charge in [-0.1, -0.05) is 68.4 Å². The number of carbonyl (C=O) groups excluding carboxylic acids is 3. The Hall–Kier alpha value is -4.82. The highest BCUT2D eigenvalue weighted by atomic mass is 19.3. The van der Waals surface area contributed by atoms with Crippen molar-refractivity contribution in [2.45, 2.75) is 70.4 Å². The number of halogens is 4. The number of alkyl halides is 2. The molecule has 0 aliphatic carbocycles. The zero-order valence-corrected chi connectivity index (χ0v) is 27.5. The summed E-state index contributed by atoms with van der Waals surface area (Å²) in [6, 6.07) is 15.6. The quantitative estimate of drug-likeness (QED) is 0.173. The van der Waals surface area contributed by atoms with Crippen LogP contribution in [0.25, 0.3) is 11.1 Å². The molecule has 0 aromatic heterocycles. The van der Waals surface area contributed by atoms with Gasteiger partial charge >= 0.3 is 5.97 Å². The van der Waals surface area contributed by atoms with Crippen LogP contribution in [0.1, 0.15) is 48.2 Å². The van der Waals surface area contributed by atoms with Crippen LogP contribution >= 0.6 is 0 Å². The summed E-state index contributed by atoms with van der Waals surface area (Å²) in [4.78, 5) is 51.8. The Labute approximate surface area is 286 Å². The van der Waals surface area contributed by atoms with E-state index in [1.54, 1.807) is 13.8 Å². The first-order valence-electron chi connectivity index (χ1n) is 16.1. The van der Waals surface area contributed by atoms with E-state index in [9.17, 15) is 41.8 Å². The summed E-state index contributed by atoms with van der Waals surface area (Å²) >= 11 is 0. The summed E-state index contributed by atoms with van der Waals surface area (Å²) in [5.41, 5.74) is 1.73. The number of nitrogens with one attached hydrogen (secondary N) is 2. The molecule has 4 N–H and O–H groups in total. The van der Waals surface area contributed by atoms with Gasteiger partial charge in [-0.3, -0.25) is 14.4 Å². The molecule has 1 aliphatic rings. The number of likely N-dealkylation sites (tertiary alicyclic amines) is 1. The van der Waals surface area contributed by atoms with Gasteiger partial charge in [0.15, 0.2) is 0 Å². The molecule has 1 fully saturated rings. The zero-order chi connectivity index (χ0) is 36.5. The number of ether oxygens (including phenoxy) is 1. The van der Waals surface area contributed by atoms with Crippen LogP contribution in [0.4, 0.5) is 17.6 Å². The molecule has 10 nitrogen and oxygen atoms in total. The Balaban J connectivity index is 1.42. The van der Waals surface area contributed by atoms with E-state index in [0.717, 1.165) is 21.6 Å².